The minimum Gasteiger partial charge on any atom is -0.497 e. The Morgan fingerprint density at radius 1 is 0.826 bits per heavy atom. The number of hydrogen-bond acceptors (Lipinski definition) is 10. The van der Waals surface area contributed by atoms with E-state index >= 15 is 0 Å². The van der Waals surface area contributed by atoms with Gasteiger partial charge >= 0.3 is 6.09 Å². The summed E-state index contributed by atoms with van der Waals surface area (Å²) in [6.07, 6.45) is -1.95. The average molecular weight is 636 g/mol. The lowest BCUT2D eigenvalue weighted by molar-refractivity contribution is -0.139. The second-order valence-electron chi connectivity index (χ2n) is 10.0. The topological polar surface area (TPSA) is 213 Å². The number of aliphatic hydroxyl groups excluding tert-OH is 1. The fourth-order valence-corrected chi connectivity index (χ4v) is 4.28. The van der Waals surface area contributed by atoms with Crippen LogP contribution in [0.1, 0.15) is 29.2 Å². The molecule has 5 amide bonds. The van der Waals surface area contributed by atoms with Gasteiger partial charge < -0.3 is 41.4 Å². The first-order chi connectivity index (χ1) is 22.1. The Labute approximate surface area is 265 Å². The summed E-state index contributed by atoms with van der Waals surface area (Å²) in [6.45, 7) is -1.85. The van der Waals surface area contributed by atoms with E-state index < -0.39 is 67.4 Å². The number of ether oxygens (including phenoxy) is 3. The molecular weight excluding hydrogens is 598 g/mol. The molecular formula is C32H37N5O9. The molecule has 0 bridgehead atoms. The Kier molecular flexibility index (Phi) is 13.0. The number of benzene rings is 3. The highest BCUT2D eigenvalue weighted by atomic mass is 16.6. The number of hydrogen-bond donors (Lipinski definition) is 5. The second kappa shape index (κ2) is 17.1. The van der Waals surface area contributed by atoms with E-state index in [2.05, 4.69) is 10.6 Å². The average Bonchev–Trinajstić information content (AvgIpc) is 3.07. The van der Waals surface area contributed by atoms with Gasteiger partial charge in [-0.25, -0.2) is 9.69 Å². The van der Waals surface area contributed by atoms with Crippen molar-refractivity contribution in [3.63, 3.8) is 0 Å². The molecule has 14 nitrogen and oxygen atoms in total. The van der Waals surface area contributed by atoms with Gasteiger partial charge in [0.15, 0.2) is 0 Å². The molecule has 3 rings (SSSR count). The van der Waals surface area contributed by atoms with Crippen LogP contribution in [0.4, 0.5) is 4.79 Å². The van der Waals surface area contributed by atoms with Crippen LogP contribution in [0.15, 0.2) is 78.9 Å². The highest BCUT2D eigenvalue weighted by Gasteiger charge is 2.35. The quantitative estimate of drug-likeness (QED) is 0.158. The summed E-state index contributed by atoms with van der Waals surface area (Å²) < 4.78 is 15.8. The summed E-state index contributed by atoms with van der Waals surface area (Å²) in [5.41, 5.74) is 12.8. The lowest BCUT2D eigenvalue weighted by atomic mass is 9.98. The molecule has 0 aliphatic heterocycles. The summed E-state index contributed by atoms with van der Waals surface area (Å²) in [5, 5.41) is 14.3. The van der Waals surface area contributed by atoms with Crippen LogP contribution in [0, 0.1) is 0 Å². The standard InChI is InChI=1S/C32H37N5O9/c1-44-23-12-8-21(9-13-23)29(22-10-14-24(45-2)15-11-22)36-28(40)17-37(32(43)46-19-20-6-4-3-5-7-20)31(42)26(16-27(34)39)35-30(41)25(33)18-38/h3-15,25-26,29,38H,16-19,33H2,1-2H3,(H2,34,39)(H,35,41)(H,36,40)/t25-,26-/m0/s1. The number of amides is 5. The normalized spacial score (nSPS) is 11.9. The molecule has 46 heavy (non-hydrogen) atoms. The van der Waals surface area contributed by atoms with Gasteiger partial charge in [0, 0.05) is 0 Å². The van der Waals surface area contributed by atoms with Crippen LogP contribution in [-0.4, -0.2) is 79.2 Å². The number of nitrogens with two attached hydrogens (primary N) is 2. The van der Waals surface area contributed by atoms with Crippen LogP contribution in [0.3, 0.4) is 0 Å². The molecule has 0 aliphatic rings. The second-order valence-corrected chi connectivity index (χ2v) is 10.0. The van der Waals surface area contributed by atoms with Crippen LogP contribution in [-0.2, 0) is 30.5 Å². The number of nitrogens with zero attached hydrogens (tertiary/aromatic N) is 1. The van der Waals surface area contributed by atoms with Crippen LogP contribution in [0.25, 0.3) is 0 Å². The summed E-state index contributed by atoms with van der Waals surface area (Å²) in [6, 6.07) is 18.5. The molecule has 0 spiro atoms. The number of methoxy groups -OCH3 is 2. The Balaban J connectivity index is 1.92. The largest absolute Gasteiger partial charge is 0.497 e. The van der Waals surface area contributed by atoms with Gasteiger partial charge in [-0.3, -0.25) is 19.2 Å². The van der Waals surface area contributed by atoms with E-state index in [0.29, 0.717) is 33.1 Å². The molecule has 0 saturated heterocycles. The molecule has 3 aromatic carbocycles. The van der Waals surface area contributed by atoms with Crippen molar-refractivity contribution >= 4 is 29.7 Å². The molecule has 0 saturated carbocycles. The summed E-state index contributed by atoms with van der Waals surface area (Å²) in [5.74, 6) is -2.73. The third kappa shape index (κ3) is 10.0. The van der Waals surface area contributed by atoms with Crippen LogP contribution < -0.4 is 31.6 Å². The van der Waals surface area contributed by atoms with Gasteiger partial charge in [0.2, 0.25) is 17.7 Å². The first-order valence-corrected chi connectivity index (χ1v) is 14.1. The number of imide groups is 1. The van der Waals surface area contributed by atoms with E-state index in [1.807, 2.05) is 0 Å². The predicted molar refractivity (Wildman–Crippen MR) is 165 cm³/mol. The van der Waals surface area contributed by atoms with Gasteiger partial charge in [-0.15, -0.1) is 0 Å². The van der Waals surface area contributed by atoms with Gasteiger partial charge in [-0.2, -0.15) is 0 Å². The van der Waals surface area contributed by atoms with Crippen LogP contribution in [0.5, 0.6) is 11.5 Å². The molecule has 0 aliphatic carbocycles. The lowest BCUT2D eigenvalue weighted by Gasteiger charge is -2.27. The van der Waals surface area contributed by atoms with Gasteiger partial charge in [-0.05, 0) is 41.0 Å². The van der Waals surface area contributed by atoms with Gasteiger partial charge in [0.05, 0.1) is 33.3 Å². The summed E-state index contributed by atoms with van der Waals surface area (Å²) in [7, 11) is 3.04. The van der Waals surface area contributed by atoms with Crippen molar-refractivity contribution in [3.05, 3.63) is 95.6 Å². The number of primary amides is 1. The third-order valence-electron chi connectivity index (χ3n) is 6.75. The fraction of sp³-hybridized carbons (Fsp3) is 0.281. The maximum atomic E-state index is 13.7. The van der Waals surface area contributed by atoms with E-state index in [4.69, 9.17) is 25.7 Å². The van der Waals surface area contributed by atoms with E-state index in [1.54, 1.807) is 78.9 Å². The molecule has 0 unspecified atom stereocenters. The molecule has 0 aromatic heterocycles. The van der Waals surface area contributed by atoms with Gasteiger partial charge in [0.25, 0.3) is 5.91 Å². The van der Waals surface area contributed by atoms with Crippen molar-refractivity contribution in [3.8, 4) is 11.5 Å². The molecule has 3 aromatic rings. The summed E-state index contributed by atoms with van der Waals surface area (Å²) in [4.78, 5) is 65.2. The van der Waals surface area contributed by atoms with E-state index in [-0.39, 0.29) is 6.61 Å². The monoisotopic (exact) mass is 635 g/mol. The summed E-state index contributed by atoms with van der Waals surface area (Å²) >= 11 is 0. The van der Waals surface area contributed by atoms with E-state index in [0.717, 1.165) is 0 Å². The van der Waals surface area contributed by atoms with Crippen molar-refractivity contribution in [2.24, 2.45) is 11.5 Å². The highest BCUT2D eigenvalue weighted by molar-refractivity contribution is 6.02. The number of rotatable bonds is 15. The highest BCUT2D eigenvalue weighted by Crippen LogP contribution is 2.26. The molecule has 0 radical (unpaired) electrons. The van der Waals surface area contributed by atoms with Crippen molar-refractivity contribution in [1.82, 2.24) is 15.5 Å². The molecule has 7 N–H and O–H groups in total. The Bertz CT molecular complexity index is 1440. The molecule has 0 fully saturated rings. The Hall–Kier alpha value is -5.47. The third-order valence-corrected chi connectivity index (χ3v) is 6.75. The molecule has 2 atom stereocenters. The van der Waals surface area contributed by atoms with Crippen molar-refractivity contribution in [1.29, 1.82) is 0 Å². The minimum absolute atomic E-state index is 0.242. The molecule has 14 heteroatoms. The maximum absolute atomic E-state index is 13.7. The minimum atomic E-state index is -1.70. The lowest BCUT2D eigenvalue weighted by Crippen LogP contribution is -2.57. The molecule has 0 heterocycles. The zero-order valence-corrected chi connectivity index (χ0v) is 25.4. The first-order valence-electron chi connectivity index (χ1n) is 14.1. The fourth-order valence-electron chi connectivity index (χ4n) is 4.28. The zero-order chi connectivity index (χ0) is 33.6. The maximum Gasteiger partial charge on any atom is 0.417 e. The predicted octanol–water partition coefficient (Wildman–Crippen LogP) is 0.755. The SMILES string of the molecule is COc1ccc(C(NC(=O)CN(C(=O)OCc2ccccc2)C(=O)[C@H](CC(N)=O)NC(=O)[C@@H](N)CO)c2ccc(OC)cc2)cc1. The smallest absolute Gasteiger partial charge is 0.417 e. The van der Waals surface area contributed by atoms with Crippen molar-refractivity contribution in [2.45, 2.75) is 31.2 Å². The van der Waals surface area contributed by atoms with E-state index in [9.17, 15) is 29.1 Å². The Morgan fingerprint density at radius 2 is 1.37 bits per heavy atom. The van der Waals surface area contributed by atoms with Gasteiger partial charge in [0.1, 0.15) is 36.7 Å². The number of carbonyl (C=O) groups excluding carboxylic acids is 5. The number of carbonyl (C=O) groups is 5. The van der Waals surface area contributed by atoms with E-state index in [1.165, 1.54) is 14.2 Å². The molecule has 244 valence electrons. The number of aliphatic hydroxyl groups is 1. The van der Waals surface area contributed by atoms with Crippen molar-refractivity contribution < 1.29 is 43.3 Å². The van der Waals surface area contributed by atoms with Gasteiger partial charge in [-0.1, -0.05) is 54.6 Å². The van der Waals surface area contributed by atoms with Crippen molar-refractivity contribution in [2.75, 3.05) is 27.4 Å². The first kappa shape index (κ1) is 35.0. The Morgan fingerprint density at radius 3 is 1.85 bits per heavy atom. The zero-order valence-electron chi connectivity index (χ0n) is 25.4. The van der Waals surface area contributed by atoms with Crippen LogP contribution >= 0.6 is 0 Å². The van der Waals surface area contributed by atoms with Crippen LogP contribution in [0.2, 0.25) is 0 Å². The number of nitrogens with one attached hydrogen (secondary N) is 2.